The Balaban J connectivity index is 0. The first-order valence-electron chi connectivity index (χ1n) is 0. The van der Waals surface area contributed by atoms with E-state index in [2.05, 4.69) is 0 Å². The largest absolute Gasteiger partial charge is 2.00 e. The third-order valence-electron chi connectivity index (χ3n) is 0. The van der Waals surface area contributed by atoms with Crippen molar-refractivity contribution in [1.29, 1.82) is 0 Å². The van der Waals surface area contributed by atoms with Crippen molar-refractivity contribution in [3.63, 3.8) is 0 Å². The molecular weight excluding hydrogens is 87.9 g/mol. The molecule has 0 aliphatic rings. The molecule has 0 aromatic carbocycles. The van der Waals surface area contributed by atoms with E-state index in [1.54, 1.807) is 0 Å². The summed E-state index contributed by atoms with van der Waals surface area (Å²) in [6.07, 6.45) is 0. The standard InChI is InChI=1S/2BH4.Mg.3H3N/h2*1H4;;3*1H3/q2*-1;+2;;;. The summed E-state index contributed by atoms with van der Waals surface area (Å²) in [6.45, 7) is 0. The third kappa shape index (κ3) is 113. The minimum absolute atomic E-state index is 0. The zero-order chi connectivity index (χ0) is 0. The quantitative estimate of drug-likeness (QED) is 0.290. The smallest absolute Gasteiger partial charge is 0.344 e. The van der Waals surface area contributed by atoms with Gasteiger partial charge in [0.15, 0.2) is 0 Å². The van der Waals surface area contributed by atoms with Gasteiger partial charge in [0.2, 0.25) is 0 Å². The molecule has 0 saturated carbocycles. The summed E-state index contributed by atoms with van der Waals surface area (Å²) in [7, 11) is 0. The molecule has 0 heterocycles. The summed E-state index contributed by atoms with van der Waals surface area (Å²) in [6, 6.07) is 0. The predicted octanol–water partition coefficient (Wildman–Crippen LogP) is -2.80. The SMILES string of the molecule is N.N.N.[BH4-].[BH4-].[Mg+2]. The molecule has 6 heavy (non-hydrogen) atoms. The Kier molecular flexibility index (Phi) is 13700. The Bertz CT molecular complexity index is 8.75. The van der Waals surface area contributed by atoms with Gasteiger partial charge < -0.3 is 18.5 Å². The van der Waals surface area contributed by atoms with E-state index in [9.17, 15) is 0 Å². The second-order valence-corrected chi connectivity index (χ2v) is 0. The van der Waals surface area contributed by atoms with Crippen LogP contribution in [0.1, 0.15) is 0 Å². The molecule has 0 bridgehead atoms. The van der Waals surface area contributed by atoms with Crippen LogP contribution in [0.4, 0.5) is 0 Å². The fourth-order valence-electron chi connectivity index (χ4n) is 0. The molecule has 0 saturated heterocycles. The second-order valence-electron chi connectivity index (χ2n) is 0. The summed E-state index contributed by atoms with van der Waals surface area (Å²) < 4.78 is 0. The van der Waals surface area contributed by atoms with Gasteiger partial charge in [0.25, 0.3) is 0 Å². The van der Waals surface area contributed by atoms with Gasteiger partial charge in [0.05, 0.1) is 0 Å². The van der Waals surface area contributed by atoms with Crippen LogP contribution in [-0.4, -0.2) is 39.9 Å². The van der Waals surface area contributed by atoms with E-state index < -0.39 is 0 Å². The van der Waals surface area contributed by atoms with E-state index >= 15 is 0 Å². The van der Waals surface area contributed by atoms with Crippen LogP contribution in [0.5, 0.6) is 0 Å². The van der Waals surface area contributed by atoms with Crippen LogP contribution in [0.2, 0.25) is 0 Å². The average Bonchev–Trinajstić information content (AvgIpc) is 0. The van der Waals surface area contributed by atoms with Crippen LogP contribution < -0.4 is 18.5 Å². The minimum Gasteiger partial charge on any atom is -0.344 e. The zero-order valence-corrected chi connectivity index (χ0v) is 4.24. The molecule has 0 radical (unpaired) electrons. The Morgan fingerprint density at radius 3 is 0.500 bits per heavy atom. The molecule has 0 aliphatic carbocycles. The fraction of sp³-hybridized carbons (Fsp3) is 0. The molecule has 3 nitrogen and oxygen atoms in total. The Labute approximate surface area is 58.7 Å². The van der Waals surface area contributed by atoms with Gasteiger partial charge in [0.1, 0.15) is 0 Å². The van der Waals surface area contributed by atoms with E-state index in [0.717, 1.165) is 0 Å². The van der Waals surface area contributed by atoms with E-state index in [0.29, 0.717) is 0 Å². The third-order valence-corrected chi connectivity index (χ3v) is 0. The Morgan fingerprint density at radius 2 is 0.500 bits per heavy atom. The van der Waals surface area contributed by atoms with Gasteiger partial charge in [0, 0.05) is 0 Å². The molecule has 0 atom stereocenters. The molecule has 0 fully saturated rings. The molecule has 0 aromatic rings. The van der Waals surface area contributed by atoms with Crippen molar-refractivity contribution < 1.29 is 0 Å². The van der Waals surface area contributed by atoms with Crippen molar-refractivity contribution in [2.24, 2.45) is 0 Å². The van der Waals surface area contributed by atoms with Gasteiger partial charge in [-0.2, -0.15) is 0 Å². The molecule has 6 heteroatoms. The topological polar surface area (TPSA) is 105 Å². The molecule has 0 amide bonds. The van der Waals surface area contributed by atoms with Crippen molar-refractivity contribution in [3.8, 4) is 0 Å². The van der Waals surface area contributed by atoms with Crippen LogP contribution in [-0.2, 0) is 0 Å². The summed E-state index contributed by atoms with van der Waals surface area (Å²) in [5.74, 6) is 0. The zero-order valence-electron chi connectivity index (χ0n) is 2.83. The number of hydrogen-bond donors (Lipinski definition) is 3. The predicted molar refractivity (Wildman–Crippen MR) is 43.5 cm³/mol. The van der Waals surface area contributed by atoms with E-state index in [1.165, 1.54) is 0 Å². The van der Waals surface area contributed by atoms with E-state index in [4.69, 9.17) is 0 Å². The molecule has 0 unspecified atom stereocenters. The van der Waals surface area contributed by atoms with Crippen molar-refractivity contribution in [1.82, 2.24) is 18.5 Å². The van der Waals surface area contributed by atoms with Crippen molar-refractivity contribution in [2.75, 3.05) is 0 Å². The maximum absolute atomic E-state index is 0. The van der Waals surface area contributed by atoms with Crippen LogP contribution in [0.3, 0.4) is 0 Å². The Morgan fingerprint density at radius 1 is 0.500 bits per heavy atom. The minimum atomic E-state index is 0. The maximum Gasteiger partial charge on any atom is 2.00 e. The molecular formula is H17B2MgN3. The van der Waals surface area contributed by atoms with Crippen LogP contribution in [0.25, 0.3) is 0 Å². The summed E-state index contributed by atoms with van der Waals surface area (Å²) >= 11 is 0. The van der Waals surface area contributed by atoms with E-state index in [1.807, 2.05) is 0 Å². The van der Waals surface area contributed by atoms with E-state index in [-0.39, 0.29) is 58.3 Å². The van der Waals surface area contributed by atoms with Gasteiger partial charge in [-0.25, -0.2) is 0 Å². The molecule has 40 valence electrons. The molecule has 0 aliphatic heterocycles. The molecule has 0 rings (SSSR count). The molecule has 0 aromatic heterocycles. The van der Waals surface area contributed by atoms with Crippen molar-refractivity contribution in [3.05, 3.63) is 0 Å². The average molecular weight is 105 g/mol. The molecule has 9 N–H and O–H groups in total. The van der Waals surface area contributed by atoms with Crippen molar-refractivity contribution in [2.45, 2.75) is 0 Å². The summed E-state index contributed by atoms with van der Waals surface area (Å²) in [4.78, 5) is 0. The van der Waals surface area contributed by atoms with Gasteiger partial charge in [-0.1, -0.05) is 16.8 Å². The summed E-state index contributed by atoms with van der Waals surface area (Å²) in [5, 5.41) is 0. The number of hydrogen-bond acceptors (Lipinski definition) is 3. The summed E-state index contributed by atoms with van der Waals surface area (Å²) in [5.41, 5.74) is 0. The number of rotatable bonds is 0. The maximum atomic E-state index is 0. The molecule has 0 spiro atoms. The first-order chi connectivity index (χ1) is 0. The normalized spacial score (nSPS) is 0. The Hall–Kier alpha value is 0.776. The van der Waals surface area contributed by atoms with Gasteiger partial charge in [-0.15, -0.1) is 0 Å². The second kappa shape index (κ2) is 219. The monoisotopic (exact) mass is 105 g/mol. The fourth-order valence-corrected chi connectivity index (χ4v) is 0. The first kappa shape index (κ1) is 375. The van der Waals surface area contributed by atoms with Gasteiger partial charge in [-0.3, -0.25) is 0 Å². The van der Waals surface area contributed by atoms with Crippen LogP contribution in [0, 0.1) is 0 Å². The van der Waals surface area contributed by atoms with Crippen LogP contribution >= 0.6 is 0 Å². The van der Waals surface area contributed by atoms with Gasteiger partial charge in [-0.05, 0) is 0 Å². The van der Waals surface area contributed by atoms with Gasteiger partial charge >= 0.3 is 23.1 Å². The first-order valence-corrected chi connectivity index (χ1v) is 0. The van der Waals surface area contributed by atoms with Crippen LogP contribution in [0.15, 0.2) is 0 Å². The van der Waals surface area contributed by atoms with Crippen molar-refractivity contribution >= 4 is 39.9 Å².